The van der Waals surface area contributed by atoms with Crippen LogP contribution in [-0.2, 0) is 0 Å². The second kappa shape index (κ2) is 7.10. The average Bonchev–Trinajstić information content (AvgIpc) is 2.50. The third kappa shape index (κ3) is 3.84. The van der Waals surface area contributed by atoms with Crippen LogP contribution in [-0.4, -0.2) is 23.6 Å². The Kier molecular flexibility index (Phi) is 5.18. The lowest BCUT2D eigenvalue weighted by Gasteiger charge is -2.13. The molecule has 0 bridgehead atoms. The van der Waals surface area contributed by atoms with E-state index in [1.165, 1.54) is 18.9 Å². The number of anilines is 1. The molecule has 20 heavy (non-hydrogen) atoms. The molecule has 2 rings (SSSR count). The highest BCUT2D eigenvalue weighted by molar-refractivity contribution is 6.32. The van der Waals surface area contributed by atoms with E-state index in [9.17, 15) is 0 Å². The maximum Gasteiger partial charge on any atom is 0.318 e. The van der Waals surface area contributed by atoms with Crippen LogP contribution in [0.2, 0.25) is 5.02 Å². The van der Waals surface area contributed by atoms with E-state index < -0.39 is 0 Å². The van der Waals surface area contributed by atoms with Gasteiger partial charge < -0.3 is 10.1 Å². The van der Waals surface area contributed by atoms with Gasteiger partial charge in [0.05, 0.1) is 13.3 Å². The summed E-state index contributed by atoms with van der Waals surface area (Å²) in [5.74, 6) is 1.09. The monoisotopic (exact) mass is 291 g/mol. The van der Waals surface area contributed by atoms with Crippen molar-refractivity contribution < 1.29 is 4.74 Å². The predicted octanol–water partition coefficient (Wildman–Crippen LogP) is 3.74. The summed E-state index contributed by atoms with van der Waals surface area (Å²) in [6.45, 7) is 3.00. The Bertz CT molecular complexity index is 548. The van der Waals surface area contributed by atoms with Crippen molar-refractivity contribution in [3.8, 4) is 6.01 Å². The first-order chi connectivity index (χ1) is 9.70. The zero-order valence-corrected chi connectivity index (χ0v) is 12.4. The summed E-state index contributed by atoms with van der Waals surface area (Å²) in [5, 5.41) is 3.72. The molecule has 1 heterocycles. The Morgan fingerprint density at radius 2 is 2.05 bits per heavy atom. The standard InChI is InChI=1S/C15H18ClN3O/c1-11(12-6-4-3-5-7-12)8-9-17-14-13(16)10-18-15(19-14)20-2/h3-7,10-11H,8-9H2,1-2H3,(H,17,18,19). The summed E-state index contributed by atoms with van der Waals surface area (Å²) in [4.78, 5) is 8.13. The second-order valence-corrected chi connectivity index (χ2v) is 4.99. The fourth-order valence-corrected chi connectivity index (χ4v) is 2.09. The highest BCUT2D eigenvalue weighted by atomic mass is 35.5. The molecular weight excluding hydrogens is 274 g/mol. The Labute approximate surface area is 124 Å². The lowest BCUT2D eigenvalue weighted by atomic mass is 9.98. The Morgan fingerprint density at radius 3 is 2.75 bits per heavy atom. The van der Waals surface area contributed by atoms with Gasteiger partial charge in [-0.1, -0.05) is 48.9 Å². The third-order valence-electron chi connectivity index (χ3n) is 3.14. The molecule has 0 radical (unpaired) electrons. The van der Waals surface area contributed by atoms with Crippen molar-refractivity contribution in [3.05, 3.63) is 47.1 Å². The van der Waals surface area contributed by atoms with Crippen molar-refractivity contribution in [1.82, 2.24) is 9.97 Å². The van der Waals surface area contributed by atoms with Crippen LogP contribution in [0.5, 0.6) is 6.01 Å². The smallest absolute Gasteiger partial charge is 0.318 e. The molecule has 0 spiro atoms. The molecule has 0 fully saturated rings. The van der Waals surface area contributed by atoms with Crippen LogP contribution in [0.3, 0.4) is 0 Å². The quantitative estimate of drug-likeness (QED) is 0.880. The summed E-state index contributed by atoms with van der Waals surface area (Å²) < 4.78 is 4.99. The number of benzene rings is 1. The van der Waals surface area contributed by atoms with Crippen LogP contribution in [0.4, 0.5) is 5.82 Å². The van der Waals surface area contributed by atoms with Gasteiger partial charge in [-0.15, -0.1) is 0 Å². The van der Waals surface area contributed by atoms with Crippen molar-refractivity contribution in [2.24, 2.45) is 0 Å². The summed E-state index contributed by atoms with van der Waals surface area (Å²) in [5.41, 5.74) is 1.33. The van der Waals surface area contributed by atoms with Crippen molar-refractivity contribution in [3.63, 3.8) is 0 Å². The summed E-state index contributed by atoms with van der Waals surface area (Å²) in [6, 6.07) is 10.8. The Morgan fingerprint density at radius 1 is 1.30 bits per heavy atom. The number of aromatic nitrogens is 2. The molecule has 1 atom stereocenters. The molecule has 0 saturated heterocycles. The van der Waals surface area contributed by atoms with Crippen molar-refractivity contribution >= 4 is 17.4 Å². The maximum atomic E-state index is 6.04. The van der Waals surface area contributed by atoms with E-state index in [1.54, 1.807) is 0 Å². The molecule has 4 nitrogen and oxygen atoms in total. The number of hydrogen-bond donors (Lipinski definition) is 1. The van der Waals surface area contributed by atoms with Crippen molar-refractivity contribution in [1.29, 1.82) is 0 Å². The molecule has 5 heteroatoms. The Balaban J connectivity index is 1.90. The zero-order chi connectivity index (χ0) is 14.4. The van der Waals surface area contributed by atoms with Gasteiger partial charge in [0, 0.05) is 6.54 Å². The number of nitrogens with one attached hydrogen (secondary N) is 1. The van der Waals surface area contributed by atoms with Crippen LogP contribution in [0.15, 0.2) is 36.5 Å². The van der Waals surface area contributed by atoms with E-state index in [4.69, 9.17) is 16.3 Å². The van der Waals surface area contributed by atoms with Gasteiger partial charge in [0.25, 0.3) is 0 Å². The molecular formula is C15H18ClN3O. The fraction of sp³-hybridized carbons (Fsp3) is 0.333. The minimum Gasteiger partial charge on any atom is -0.467 e. The topological polar surface area (TPSA) is 47.0 Å². The van der Waals surface area contributed by atoms with Gasteiger partial charge in [0.1, 0.15) is 5.02 Å². The molecule has 0 aliphatic rings. The number of rotatable bonds is 6. The Hall–Kier alpha value is -1.81. The van der Waals surface area contributed by atoms with Crippen LogP contribution in [0, 0.1) is 0 Å². The minimum atomic E-state index is 0.313. The van der Waals surface area contributed by atoms with Gasteiger partial charge in [-0.3, -0.25) is 0 Å². The van der Waals surface area contributed by atoms with Gasteiger partial charge in [-0.25, -0.2) is 4.98 Å². The first-order valence-corrected chi connectivity index (χ1v) is 6.94. The number of ether oxygens (including phenoxy) is 1. The predicted molar refractivity (Wildman–Crippen MR) is 81.6 cm³/mol. The molecule has 0 amide bonds. The molecule has 2 aromatic rings. The molecule has 0 saturated carbocycles. The van der Waals surface area contributed by atoms with Crippen LogP contribution < -0.4 is 10.1 Å². The van der Waals surface area contributed by atoms with E-state index in [1.807, 2.05) is 6.07 Å². The van der Waals surface area contributed by atoms with Crippen LogP contribution in [0.25, 0.3) is 0 Å². The molecule has 1 aromatic heterocycles. The molecule has 1 unspecified atom stereocenters. The largest absolute Gasteiger partial charge is 0.467 e. The highest BCUT2D eigenvalue weighted by Gasteiger charge is 2.07. The molecule has 1 N–H and O–H groups in total. The number of halogens is 1. The average molecular weight is 292 g/mol. The van der Waals surface area contributed by atoms with Gasteiger partial charge in [-0.05, 0) is 17.9 Å². The van der Waals surface area contributed by atoms with Gasteiger partial charge >= 0.3 is 6.01 Å². The highest BCUT2D eigenvalue weighted by Crippen LogP contribution is 2.22. The van der Waals surface area contributed by atoms with E-state index >= 15 is 0 Å². The number of methoxy groups -OCH3 is 1. The number of nitrogens with zero attached hydrogens (tertiary/aromatic N) is 2. The molecule has 1 aromatic carbocycles. The molecule has 106 valence electrons. The number of hydrogen-bond acceptors (Lipinski definition) is 4. The second-order valence-electron chi connectivity index (χ2n) is 4.58. The maximum absolute atomic E-state index is 6.04. The van der Waals surface area contributed by atoms with Crippen LogP contribution >= 0.6 is 11.6 Å². The zero-order valence-electron chi connectivity index (χ0n) is 11.6. The van der Waals surface area contributed by atoms with Crippen LogP contribution in [0.1, 0.15) is 24.8 Å². The van der Waals surface area contributed by atoms with E-state index in [0.29, 0.717) is 22.8 Å². The van der Waals surface area contributed by atoms with Gasteiger partial charge in [-0.2, -0.15) is 4.98 Å². The first kappa shape index (κ1) is 14.6. The summed E-state index contributed by atoms with van der Waals surface area (Å²) in [7, 11) is 1.53. The molecule has 0 aliphatic heterocycles. The van der Waals surface area contributed by atoms with E-state index in [-0.39, 0.29) is 0 Å². The molecule has 0 aliphatic carbocycles. The first-order valence-electron chi connectivity index (χ1n) is 6.56. The van der Waals surface area contributed by atoms with Crippen molar-refractivity contribution in [2.45, 2.75) is 19.3 Å². The normalized spacial score (nSPS) is 11.9. The van der Waals surface area contributed by atoms with E-state index in [0.717, 1.165) is 13.0 Å². The van der Waals surface area contributed by atoms with Crippen molar-refractivity contribution in [2.75, 3.05) is 19.0 Å². The summed E-state index contributed by atoms with van der Waals surface area (Å²) >= 11 is 6.04. The third-order valence-corrected chi connectivity index (χ3v) is 3.42. The summed E-state index contributed by atoms with van der Waals surface area (Å²) in [6.07, 6.45) is 2.53. The fourth-order valence-electron chi connectivity index (χ4n) is 1.93. The SMILES string of the molecule is COc1ncc(Cl)c(NCCC(C)c2ccccc2)n1. The van der Waals surface area contributed by atoms with E-state index in [2.05, 4.69) is 46.5 Å². The van der Waals surface area contributed by atoms with Gasteiger partial charge in [0.15, 0.2) is 5.82 Å². The minimum absolute atomic E-state index is 0.313. The van der Waals surface area contributed by atoms with Gasteiger partial charge in [0.2, 0.25) is 0 Å². The lowest BCUT2D eigenvalue weighted by molar-refractivity contribution is 0.380. The lowest BCUT2D eigenvalue weighted by Crippen LogP contribution is -2.08.